The Kier molecular flexibility index (Phi) is 18.8. The van der Waals surface area contributed by atoms with Crippen molar-refractivity contribution in [2.45, 2.75) is 142 Å². The molecular formula is C23H46O3. The van der Waals surface area contributed by atoms with Crippen molar-refractivity contribution in [3.63, 3.8) is 0 Å². The molecule has 0 spiro atoms. The molecule has 0 saturated carbocycles. The topological polar surface area (TPSA) is 46.5 Å². The molecule has 26 heavy (non-hydrogen) atoms. The van der Waals surface area contributed by atoms with Crippen molar-refractivity contribution in [3.05, 3.63) is 0 Å². The van der Waals surface area contributed by atoms with Crippen LogP contribution in [0.3, 0.4) is 0 Å². The van der Waals surface area contributed by atoms with Gasteiger partial charge in [0.1, 0.15) is 12.2 Å². The summed E-state index contributed by atoms with van der Waals surface area (Å²) in [5, 5.41) is 9.38. The van der Waals surface area contributed by atoms with Gasteiger partial charge in [0.05, 0.1) is 0 Å². The number of carbonyl (C=O) groups is 1. The molecule has 3 nitrogen and oxygen atoms in total. The molecule has 2 atom stereocenters. The van der Waals surface area contributed by atoms with E-state index in [1.54, 1.807) is 0 Å². The first-order valence-electron chi connectivity index (χ1n) is 11.5. The van der Waals surface area contributed by atoms with E-state index in [2.05, 4.69) is 13.8 Å². The fourth-order valence-electron chi connectivity index (χ4n) is 3.36. The fraction of sp³-hybridized carbons (Fsp3) is 0.957. The molecule has 0 radical (unpaired) electrons. The summed E-state index contributed by atoms with van der Waals surface area (Å²) >= 11 is 0. The van der Waals surface area contributed by atoms with Crippen LogP contribution in [0.1, 0.15) is 130 Å². The zero-order chi connectivity index (χ0) is 19.5. The standard InChI is InChI=1S/C23H46O3/c1-4-6-8-10-11-12-13-14-16-18-20-22(26-23(25)21(3)24)19-17-15-9-7-5-2/h21-22,24H,4-20H2,1-3H3. The Labute approximate surface area is 163 Å². The summed E-state index contributed by atoms with van der Waals surface area (Å²) in [4.78, 5) is 11.7. The first-order chi connectivity index (χ1) is 12.6. The Morgan fingerprint density at radius 3 is 1.38 bits per heavy atom. The Morgan fingerprint density at radius 1 is 0.692 bits per heavy atom. The largest absolute Gasteiger partial charge is 0.460 e. The van der Waals surface area contributed by atoms with Gasteiger partial charge in [0.2, 0.25) is 0 Å². The minimum atomic E-state index is -1.01. The Hall–Kier alpha value is -0.570. The number of esters is 1. The second-order valence-corrected chi connectivity index (χ2v) is 7.91. The summed E-state index contributed by atoms with van der Waals surface area (Å²) in [5.74, 6) is -0.462. The van der Waals surface area contributed by atoms with E-state index in [1.165, 1.54) is 90.4 Å². The minimum Gasteiger partial charge on any atom is -0.460 e. The van der Waals surface area contributed by atoms with Gasteiger partial charge in [0.25, 0.3) is 0 Å². The van der Waals surface area contributed by atoms with Crippen molar-refractivity contribution in [1.29, 1.82) is 0 Å². The lowest BCUT2D eigenvalue weighted by atomic mass is 10.0. The summed E-state index contributed by atoms with van der Waals surface area (Å²) in [6, 6.07) is 0. The van der Waals surface area contributed by atoms with Crippen LogP contribution in [0.2, 0.25) is 0 Å². The lowest BCUT2D eigenvalue weighted by molar-refractivity contribution is -0.158. The molecule has 0 aromatic heterocycles. The highest BCUT2D eigenvalue weighted by Crippen LogP contribution is 2.17. The van der Waals surface area contributed by atoms with Gasteiger partial charge < -0.3 is 9.84 Å². The number of ether oxygens (including phenoxy) is 1. The normalized spacial score (nSPS) is 13.5. The number of rotatable bonds is 19. The second kappa shape index (κ2) is 19.2. The maximum absolute atomic E-state index is 11.7. The van der Waals surface area contributed by atoms with Crippen molar-refractivity contribution in [2.24, 2.45) is 0 Å². The van der Waals surface area contributed by atoms with Crippen molar-refractivity contribution < 1.29 is 14.6 Å². The average molecular weight is 371 g/mol. The first kappa shape index (κ1) is 25.4. The van der Waals surface area contributed by atoms with E-state index >= 15 is 0 Å². The predicted octanol–water partition coefficient (Wildman–Crippen LogP) is 6.95. The Morgan fingerprint density at radius 2 is 1.04 bits per heavy atom. The molecule has 0 bridgehead atoms. The van der Waals surface area contributed by atoms with Crippen molar-refractivity contribution >= 4 is 5.97 Å². The quantitative estimate of drug-likeness (QED) is 0.198. The third kappa shape index (κ3) is 16.9. The van der Waals surface area contributed by atoms with Crippen LogP contribution >= 0.6 is 0 Å². The van der Waals surface area contributed by atoms with E-state index in [9.17, 15) is 9.90 Å². The van der Waals surface area contributed by atoms with E-state index in [0.717, 1.165) is 25.7 Å². The summed E-state index contributed by atoms with van der Waals surface area (Å²) in [7, 11) is 0. The van der Waals surface area contributed by atoms with E-state index in [0.29, 0.717) is 0 Å². The number of carbonyl (C=O) groups excluding carboxylic acids is 1. The van der Waals surface area contributed by atoms with Gasteiger partial charge in [-0.2, -0.15) is 0 Å². The molecule has 0 aromatic carbocycles. The van der Waals surface area contributed by atoms with Crippen LogP contribution in [-0.4, -0.2) is 23.3 Å². The highest BCUT2D eigenvalue weighted by atomic mass is 16.6. The molecule has 156 valence electrons. The smallest absolute Gasteiger partial charge is 0.334 e. The maximum atomic E-state index is 11.7. The molecule has 2 unspecified atom stereocenters. The third-order valence-corrected chi connectivity index (χ3v) is 5.13. The Bertz CT molecular complexity index is 302. The zero-order valence-corrected chi connectivity index (χ0v) is 17.9. The zero-order valence-electron chi connectivity index (χ0n) is 17.9. The van der Waals surface area contributed by atoms with Crippen LogP contribution in [0.4, 0.5) is 0 Å². The van der Waals surface area contributed by atoms with Gasteiger partial charge in [-0.05, 0) is 32.6 Å². The van der Waals surface area contributed by atoms with Crippen LogP contribution in [0.5, 0.6) is 0 Å². The first-order valence-corrected chi connectivity index (χ1v) is 11.5. The van der Waals surface area contributed by atoms with Gasteiger partial charge in [-0.25, -0.2) is 4.79 Å². The number of unbranched alkanes of at least 4 members (excludes halogenated alkanes) is 13. The second-order valence-electron chi connectivity index (χ2n) is 7.91. The lowest BCUT2D eigenvalue weighted by Gasteiger charge is -2.19. The van der Waals surface area contributed by atoms with Crippen LogP contribution in [0.25, 0.3) is 0 Å². The molecule has 1 N–H and O–H groups in total. The fourth-order valence-corrected chi connectivity index (χ4v) is 3.36. The summed E-state index contributed by atoms with van der Waals surface area (Å²) in [6.07, 6.45) is 20.2. The summed E-state index contributed by atoms with van der Waals surface area (Å²) < 4.78 is 5.51. The molecule has 0 heterocycles. The third-order valence-electron chi connectivity index (χ3n) is 5.13. The summed E-state index contributed by atoms with van der Waals surface area (Å²) in [6.45, 7) is 5.97. The maximum Gasteiger partial charge on any atom is 0.334 e. The molecule has 0 aliphatic rings. The van der Waals surface area contributed by atoms with Crippen LogP contribution < -0.4 is 0 Å². The highest BCUT2D eigenvalue weighted by molar-refractivity contribution is 5.73. The van der Waals surface area contributed by atoms with Gasteiger partial charge in [0, 0.05) is 0 Å². The minimum absolute atomic E-state index is 0.00669. The van der Waals surface area contributed by atoms with Gasteiger partial charge in [-0.15, -0.1) is 0 Å². The van der Waals surface area contributed by atoms with Crippen LogP contribution in [-0.2, 0) is 9.53 Å². The van der Waals surface area contributed by atoms with E-state index in [-0.39, 0.29) is 6.10 Å². The molecule has 3 heteroatoms. The molecule has 0 aliphatic heterocycles. The van der Waals surface area contributed by atoms with Crippen molar-refractivity contribution in [1.82, 2.24) is 0 Å². The monoisotopic (exact) mass is 370 g/mol. The Balaban J connectivity index is 3.79. The molecular weight excluding hydrogens is 324 g/mol. The molecule has 0 aliphatic carbocycles. The predicted molar refractivity (Wildman–Crippen MR) is 111 cm³/mol. The van der Waals surface area contributed by atoms with Gasteiger partial charge in [-0.1, -0.05) is 97.3 Å². The average Bonchev–Trinajstić information content (AvgIpc) is 2.62. The SMILES string of the molecule is CCCCCCCCCCCCC(CCCCCCC)OC(=O)C(C)O. The van der Waals surface area contributed by atoms with E-state index in [1.807, 2.05) is 0 Å². The van der Waals surface area contributed by atoms with Gasteiger partial charge >= 0.3 is 5.97 Å². The number of aliphatic hydroxyl groups excluding tert-OH is 1. The molecule has 0 aromatic rings. The highest BCUT2D eigenvalue weighted by Gasteiger charge is 2.17. The van der Waals surface area contributed by atoms with E-state index < -0.39 is 12.1 Å². The molecule has 0 rings (SSSR count). The van der Waals surface area contributed by atoms with E-state index in [4.69, 9.17) is 4.74 Å². The summed E-state index contributed by atoms with van der Waals surface area (Å²) in [5.41, 5.74) is 0. The number of hydrogen-bond donors (Lipinski definition) is 1. The number of aliphatic hydroxyl groups is 1. The van der Waals surface area contributed by atoms with Crippen LogP contribution in [0, 0.1) is 0 Å². The van der Waals surface area contributed by atoms with Gasteiger partial charge in [-0.3, -0.25) is 0 Å². The molecule has 0 fully saturated rings. The van der Waals surface area contributed by atoms with Crippen molar-refractivity contribution in [3.8, 4) is 0 Å². The lowest BCUT2D eigenvalue weighted by Crippen LogP contribution is -2.26. The van der Waals surface area contributed by atoms with Gasteiger partial charge in [0.15, 0.2) is 0 Å². The molecule has 0 saturated heterocycles. The van der Waals surface area contributed by atoms with Crippen molar-refractivity contribution in [2.75, 3.05) is 0 Å². The molecule has 0 amide bonds. The number of hydrogen-bond acceptors (Lipinski definition) is 3. The van der Waals surface area contributed by atoms with Crippen LogP contribution in [0.15, 0.2) is 0 Å².